The standard InChI is InChI=1S/C20H21N3O4/c1-20(2,3)23-17(24)15-9-8-13(11-16(15)18(23)25)22-19(26)21-12-6-5-7-14(10-12)27-4/h5-11H,1-4H3,(H2,21,22,26). The first kappa shape index (κ1) is 18.4. The van der Waals surface area contributed by atoms with Crippen molar-refractivity contribution in [1.29, 1.82) is 0 Å². The normalized spacial score (nSPS) is 13.4. The van der Waals surface area contributed by atoms with Crippen LogP contribution in [-0.2, 0) is 0 Å². The van der Waals surface area contributed by atoms with E-state index in [1.54, 1.807) is 64.3 Å². The lowest BCUT2D eigenvalue weighted by Crippen LogP contribution is -2.45. The van der Waals surface area contributed by atoms with Crippen LogP contribution in [0.3, 0.4) is 0 Å². The molecule has 4 amide bonds. The van der Waals surface area contributed by atoms with Crippen molar-refractivity contribution in [2.75, 3.05) is 17.7 Å². The van der Waals surface area contributed by atoms with Crippen molar-refractivity contribution in [3.63, 3.8) is 0 Å². The van der Waals surface area contributed by atoms with Gasteiger partial charge in [0.15, 0.2) is 0 Å². The highest BCUT2D eigenvalue weighted by molar-refractivity contribution is 6.22. The highest BCUT2D eigenvalue weighted by atomic mass is 16.5. The Balaban J connectivity index is 1.77. The number of nitrogens with zero attached hydrogens (tertiary/aromatic N) is 1. The van der Waals surface area contributed by atoms with Gasteiger partial charge in [-0.2, -0.15) is 0 Å². The summed E-state index contributed by atoms with van der Waals surface area (Å²) in [4.78, 5) is 38.6. The lowest BCUT2D eigenvalue weighted by atomic mass is 10.1. The van der Waals surface area contributed by atoms with Gasteiger partial charge in [0.2, 0.25) is 0 Å². The van der Waals surface area contributed by atoms with E-state index in [-0.39, 0.29) is 17.4 Å². The highest BCUT2D eigenvalue weighted by Crippen LogP contribution is 2.31. The van der Waals surface area contributed by atoms with Crippen molar-refractivity contribution in [2.45, 2.75) is 26.3 Å². The molecule has 140 valence electrons. The number of ether oxygens (including phenoxy) is 1. The molecule has 1 heterocycles. The van der Waals surface area contributed by atoms with Crippen LogP contribution < -0.4 is 15.4 Å². The van der Waals surface area contributed by atoms with Crippen molar-refractivity contribution in [3.8, 4) is 5.75 Å². The predicted octanol–water partition coefficient (Wildman–Crippen LogP) is 3.73. The fourth-order valence-corrected chi connectivity index (χ4v) is 2.92. The fraction of sp³-hybridized carbons (Fsp3) is 0.250. The van der Waals surface area contributed by atoms with Gasteiger partial charge in [0, 0.05) is 23.0 Å². The Morgan fingerprint density at radius 3 is 2.19 bits per heavy atom. The molecule has 0 saturated heterocycles. The fourth-order valence-electron chi connectivity index (χ4n) is 2.92. The first-order valence-electron chi connectivity index (χ1n) is 8.45. The number of fused-ring (bicyclic) bond motifs is 1. The number of carbonyl (C=O) groups is 3. The summed E-state index contributed by atoms with van der Waals surface area (Å²) < 4.78 is 5.12. The molecular weight excluding hydrogens is 346 g/mol. The molecule has 0 unspecified atom stereocenters. The summed E-state index contributed by atoms with van der Waals surface area (Å²) in [6, 6.07) is 11.2. The van der Waals surface area contributed by atoms with E-state index in [0.29, 0.717) is 22.7 Å². The van der Waals surface area contributed by atoms with Gasteiger partial charge < -0.3 is 15.4 Å². The van der Waals surface area contributed by atoms with Crippen molar-refractivity contribution >= 4 is 29.2 Å². The number of carbonyl (C=O) groups excluding carboxylic acids is 3. The second kappa shape index (κ2) is 6.75. The van der Waals surface area contributed by atoms with E-state index in [1.165, 1.54) is 11.0 Å². The molecule has 7 nitrogen and oxygen atoms in total. The van der Waals surface area contributed by atoms with E-state index >= 15 is 0 Å². The van der Waals surface area contributed by atoms with Gasteiger partial charge in [0.1, 0.15) is 5.75 Å². The molecule has 2 aromatic carbocycles. The lowest BCUT2D eigenvalue weighted by Gasteiger charge is -2.29. The lowest BCUT2D eigenvalue weighted by molar-refractivity contribution is 0.0507. The third-order valence-electron chi connectivity index (χ3n) is 4.14. The van der Waals surface area contributed by atoms with Gasteiger partial charge in [-0.15, -0.1) is 0 Å². The maximum Gasteiger partial charge on any atom is 0.323 e. The molecule has 1 aliphatic heterocycles. The van der Waals surface area contributed by atoms with Gasteiger partial charge in [-0.25, -0.2) is 4.79 Å². The Labute approximate surface area is 157 Å². The zero-order valence-electron chi connectivity index (χ0n) is 15.6. The summed E-state index contributed by atoms with van der Waals surface area (Å²) in [6.07, 6.45) is 0. The molecule has 2 aromatic rings. The minimum absolute atomic E-state index is 0.286. The van der Waals surface area contributed by atoms with Crippen molar-refractivity contribution in [2.24, 2.45) is 0 Å². The number of anilines is 2. The molecule has 7 heteroatoms. The van der Waals surface area contributed by atoms with Crippen LogP contribution in [0.15, 0.2) is 42.5 Å². The SMILES string of the molecule is COc1cccc(NC(=O)Nc2ccc3c(c2)C(=O)N(C(C)(C)C)C3=O)c1. The largest absolute Gasteiger partial charge is 0.497 e. The van der Waals surface area contributed by atoms with Crippen LogP contribution in [0, 0.1) is 0 Å². The van der Waals surface area contributed by atoms with Crippen LogP contribution in [-0.4, -0.2) is 35.4 Å². The van der Waals surface area contributed by atoms with E-state index in [0.717, 1.165) is 0 Å². The Morgan fingerprint density at radius 1 is 0.926 bits per heavy atom. The molecule has 0 radical (unpaired) electrons. The molecule has 1 aliphatic rings. The monoisotopic (exact) mass is 367 g/mol. The van der Waals surface area contributed by atoms with Crippen molar-refractivity contribution in [1.82, 2.24) is 4.90 Å². The summed E-state index contributed by atoms with van der Waals surface area (Å²) >= 11 is 0. The van der Waals surface area contributed by atoms with E-state index in [4.69, 9.17) is 4.74 Å². The second-order valence-electron chi connectivity index (χ2n) is 7.19. The minimum Gasteiger partial charge on any atom is -0.497 e. The smallest absolute Gasteiger partial charge is 0.323 e. The maximum absolute atomic E-state index is 12.6. The van der Waals surface area contributed by atoms with Crippen LogP contribution in [0.25, 0.3) is 0 Å². The van der Waals surface area contributed by atoms with Gasteiger partial charge in [-0.3, -0.25) is 14.5 Å². The van der Waals surface area contributed by atoms with Crippen LogP contribution in [0.1, 0.15) is 41.5 Å². The van der Waals surface area contributed by atoms with E-state index in [2.05, 4.69) is 10.6 Å². The van der Waals surface area contributed by atoms with E-state index in [1.807, 2.05) is 0 Å². The predicted molar refractivity (Wildman–Crippen MR) is 102 cm³/mol. The van der Waals surface area contributed by atoms with E-state index in [9.17, 15) is 14.4 Å². The van der Waals surface area contributed by atoms with E-state index < -0.39 is 11.6 Å². The number of imide groups is 1. The molecule has 3 rings (SSSR count). The van der Waals surface area contributed by atoms with Crippen molar-refractivity contribution in [3.05, 3.63) is 53.6 Å². The molecule has 0 aromatic heterocycles. The number of rotatable bonds is 3. The number of methoxy groups -OCH3 is 1. The summed E-state index contributed by atoms with van der Waals surface area (Å²) in [6.45, 7) is 5.40. The molecule has 0 saturated carbocycles. The minimum atomic E-state index is -0.621. The van der Waals surface area contributed by atoms with Crippen LogP contribution >= 0.6 is 0 Å². The first-order valence-corrected chi connectivity index (χ1v) is 8.45. The quantitative estimate of drug-likeness (QED) is 0.809. The Kier molecular flexibility index (Phi) is 4.61. The Bertz CT molecular complexity index is 931. The first-order chi connectivity index (χ1) is 12.7. The Morgan fingerprint density at radius 2 is 1.56 bits per heavy atom. The summed E-state index contributed by atoms with van der Waals surface area (Å²) in [5, 5.41) is 5.37. The summed E-state index contributed by atoms with van der Waals surface area (Å²) in [5.41, 5.74) is 0.997. The second-order valence-corrected chi connectivity index (χ2v) is 7.19. The zero-order valence-corrected chi connectivity index (χ0v) is 15.6. The molecule has 0 fully saturated rings. The number of amides is 4. The number of benzene rings is 2. The maximum atomic E-state index is 12.6. The van der Waals surface area contributed by atoms with Gasteiger partial charge in [0.25, 0.3) is 11.8 Å². The van der Waals surface area contributed by atoms with Crippen molar-refractivity contribution < 1.29 is 19.1 Å². The average Bonchev–Trinajstić information content (AvgIpc) is 2.85. The van der Waals surface area contributed by atoms with Crippen LogP contribution in [0.5, 0.6) is 5.75 Å². The topological polar surface area (TPSA) is 87.7 Å². The van der Waals surface area contributed by atoms with Gasteiger partial charge in [-0.1, -0.05) is 6.07 Å². The van der Waals surface area contributed by atoms with Gasteiger partial charge in [-0.05, 0) is 51.1 Å². The zero-order chi connectivity index (χ0) is 19.8. The third kappa shape index (κ3) is 3.62. The summed E-state index contributed by atoms with van der Waals surface area (Å²) in [5.74, 6) is -0.0639. The number of hydrogen-bond donors (Lipinski definition) is 2. The molecule has 27 heavy (non-hydrogen) atoms. The number of nitrogens with one attached hydrogen (secondary N) is 2. The molecule has 0 aliphatic carbocycles. The highest BCUT2D eigenvalue weighted by Gasteiger charge is 2.41. The Hall–Kier alpha value is -3.35. The number of urea groups is 1. The van der Waals surface area contributed by atoms with Crippen LogP contribution in [0.4, 0.5) is 16.2 Å². The van der Waals surface area contributed by atoms with Gasteiger partial charge >= 0.3 is 6.03 Å². The molecule has 0 bridgehead atoms. The third-order valence-corrected chi connectivity index (χ3v) is 4.14. The molecule has 0 spiro atoms. The van der Waals surface area contributed by atoms with Gasteiger partial charge in [0.05, 0.1) is 18.2 Å². The number of hydrogen-bond acceptors (Lipinski definition) is 4. The molecule has 0 atom stereocenters. The molecule has 2 N–H and O–H groups in total. The average molecular weight is 367 g/mol. The van der Waals surface area contributed by atoms with Crippen LogP contribution in [0.2, 0.25) is 0 Å². The summed E-state index contributed by atoms with van der Waals surface area (Å²) in [7, 11) is 1.54. The molecular formula is C20H21N3O4.